The Bertz CT molecular complexity index is 729. The minimum Gasteiger partial charge on any atom is -0.281 e. The number of carbonyl (C=O) groups is 1. The van der Waals surface area contributed by atoms with Crippen LogP contribution in [0, 0.1) is 5.92 Å². The molecule has 0 saturated carbocycles. The maximum atomic E-state index is 13.2. The number of carbonyl (C=O) groups excluding carboxylic acids is 1. The predicted octanol–water partition coefficient (Wildman–Crippen LogP) is 5.23. The second-order valence-corrected chi connectivity index (χ2v) is 5.94. The number of amides is 1. The summed E-state index contributed by atoms with van der Waals surface area (Å²) in [6.45, 7) is 1.99. The van der Waals surface area contributed by atoms with E-state index in [1.165, 1.54) is 5.56 Å². The molecule has 0 bridgehead atoms. The van der Waals surface area contributed by atoms with Crippen LogP contribution in [0.1, 0.15) is 12.5 Å². The van der Waals surface area contributed by atoms with E-state index in [1.807, 2.05) is 90.7 Å². The molecule has 2 nitrogen and oxygen atoms in total. The van der Waals surface area contributed by atoms with Gasteiger partial charge in [-0.1, -0.05) is 73.7 Å². The first kappa shape index (κ1) is 16.0. The van der Waals surface area contributed by atoms with Gasteiger partial charge in [-0.15, -0.1) is 0 Å². The first-order chi connectivity index (χ1) is 11.8. The van der Waals surface area contributed by atoms with Crippen molar-refractivity contribution in [3.63, 3.8) is 0 Å². The molecule has 0 aromatic heterocycles. The van der Waals surface area contributed by atoms with Crippen molar-refractivity contribution >= 4 is 17.3 Å². The standard InChI is InChI=1S/C22H21NO/c1-18(17-19-11-5-2-6-12-19)22(24)23(20-13-7-3-8-14-20)21-15-9-4-10-16-21/h2-16,18H,17H2,1H3/t18-/m0/s1. The summed E-state index contributed by atoms with van der Waals surface area (Å²) in [7, 11) is 0. The summed E-state index contributed by atoms with van der Waals surface area (Å²) in [5, 5.41) is 0. The summed E-state index contributed by atoms with van der Waals surface area (Å²) in [6.07, 6.45) is 0.732. The summed E-state index contributed by atoms with van der Waals surface area (Å²) < 4.78 is 0. The number of nitrogens with zero attached hydrogens (tertiary/aromatic N) is 1. The fourth-order valence-corrected chi connectivity index (χ4v) is 2.83. The number of hydrogen-bond donors (Lipinski definition) is 0. The van der Waals surface area contributed by atoms with E-state index in [1.54, 1.807) is 0 Å². The molecule has 3 rings (SSSR count). The molecule has 2 heteroatoms. The third-order valence-electron chi connectivity index (χ3n) is 4.06. The lowest BCUT2D eigenvalue weighted by atomic mass is 9.99. The van der Waals surface area contributed by atoms with Crippen molar-refractivity contribution < 1.29 is 4.79 Å². The monoisotopic (exact) mass is 315 g/mol. The molecule has 0 fully saturated rings. The van der Waals surface area contributed by atoms with Crippen molar-refractivity contribution in [1.29, 1.82) is 0 Å². The summed E-state index contributed by atoms with van der Waals surface area (Å²) in [5.41, 5.74) is 2.97. The van der Waals surface area contributed by atoms with Crippen molar-refractivity contribution in [2.75, 3.05) is 4.90 Å². The van der Waals surface area contributed by atoms with Gasteiger partial charge < -0.3 is 0 Å². The van der Waals surface area contributed by atoms with Gasteiger partial charge in [0.25, 0.3) is 0 Å². The summed E-state index contributed by atoms with van der Waals surface area (Å²) in [6, 6.07) is 29.8. The fraction of sp³-hybridized carbons (Fsp3) is 0.136. The lowest BCUT2D eigenvalue weighted by Gasteiger charge is -2.26. The minimum absolute atomic E-state index is 0.104. The van der Waals surface area contributed by atoms with Crippen LogP contribution in [-0.4, -0.2) is 5.91 Å². The van der Waals surface area contributed by atoms with E-state index >= 15 is 0 Å². The van der Waals surface area contributed by atoms with Gasteiger partial charge in [-0.05, 0) is 36.2 Å². The van der Waals surface area contributed by atoms with Crippen LogP contribution in [0.2, 0.25) is 0 Å². The van der Waals surface area contributed by atoms with Crippen LogP contribution in [0.15, 0.2) is 91.0 Å². The molecular weight excluding hydrogens is 294 g/mol. The Kier molecular flexibility index (Phi) is 5.07. The number of benzene rings is 3. The fourth-order valence-electron chi connectivity index (χ4n) is 2.83. The Morgan fingerprint density at radius 3 is 1.62 bits per heavy atom. The van der Waals surface area contributed by atoms with Crippen molar-refractivity contribution in [2.45, 2.75) is 13.3 Å². The largest absolute Gasteiger partial charge is 0.281 e. The van der Waals surface area contributed by atoms with Gasteiger partial charge in [-0.2, -0.15) is 0 Å². The van der Waals surface area contributed by atoms with Crippen molar-refractivity contribution in [3.05, 3.63) is 96.6 Å². The number of rotatable bonds is 5. The third-order valence-corrected chi connectivity index (χ3v) is 4.06. The van der Waals surface area contributed by atoms with E-state index in [0.717, 1.165) is 17.8 Å². The van der Waals surface area contributed by atoms with Crippen molar-refractivity contribution in [1.82, 2.24) is 0 Å². The van der Waals surface area contributed by atoms with Gasteiger partial charge in [0.15, 0.2) is 0 Å². The molecule has 0 saturated heterocycles. The second kappa shape index (κ2) is 7.60. The molecule has 0 unspecified atom stereocenters. The lowest BCUT2D eigenvalue weighted by molar-refractivity contribution is -0.121. The van der Waals surface area contributed by atoms with E-state index in [-0.39, 0.29) is 11.8 Å². The van der Waals surface area contributed by atoms with Gasteiger partial charge >= 0.3 is 0 Å². The first-order valence-corrected chi connectivity index (χ1v) is 8.23. The Balaban J connectivity index is 1.89. The third kappa shape index (κ3) is 3.72. The zero-order valence-corrected chi connectivity index (χ0v) is 13.8. The van der Waals surface area contributed by atoms with Crippen molar-refractivity contribution in [2.24, 2.45) is 5.92 Å². The molecular formula is C22H21NO. The Morgan fingerprint density at radius 1 is 0.750 bits per heavy atom. The van der Waals surface area contributed by atoms with Crippen LogP contribution in [0.3, 0.4) is 0 Å². The maximum Gasteiger partial charge on any atom is 0.234 e. The number of para-hydroxylation sites is 2. The average molecular weight is 315 g/mol. The number of anilines is 2. The zero-order chi connectivity index (χ0) is 16.8. The highest BCUT2D eigenvalue weighted by Crippen LogP contribution is 2.27. The van der Waals surface area contributed by atoms with Crippen molar-refractivity contribution in [3.8, 4) is 0 Å². The molecule has 1 amide bonds. The normalized spacial score (nSPS) is 11.7. The molecule has 0 spiro atoms. The van der Waals surface area contributed by atoms with Gasteiger partial charge in [0.05, 0.1) is 0 Å². The van der Waals surface area contributed by atoms with E-state index in [9.17, 15) is 4.79 Å². The highest BCUT2D eigenvalue weighted by molar-refractivity contribution is 6.01. The summed E-state index contributed by atoms with van der Waals surface area (Å²) >= 11 is 0. The molecule has 0 aliphatic carbocycles. The smallest absolute Gasteiger partial charge is 0.234 e. The Labute approximate surface area is 143 Å². The van der Waals surface area contributed by atoms with Crippen LogP contribution >= 0.6 is 0 Å². The van der Waals surface area contributed by atoms with Crippen LogP contribution in [-0.2, 0) is 11.2 Å². The molecule has 24 heavy (non-hydrogen) atoms. The van der Waals surface area contributed by atoms with Crippen LogP contribution in [0.25, 0.3) is 0 Å². The molecule has 0 aliphatic heterocycles. The summed E-state index contributed by atoms with van der Waals surface area (Å²) in [4.78, 5) is 15.0. The molecule has 120 valence electrons. The lowest BCUT2D eigenvalue weighted by Crippen LogP contribution is -2.32. The molecule has 0 N–H and O–H groups in total. The Hall–Kier alpha value is -2.87. The molecule has 1 atom stereocenters. The van der Waals surface area contributed by atoms with E-state index in [2.05, 4.69) is 12.1 Å². The van der Waals surface area contributed by atoms with Gasteiger partial charge in [-0.25, -0.2) is 0 Å². The van der Waals surface area contributed by atoms with Crippen LogP contribution in [0.4, 0.5) is 11.4 Å². The van der Waals surface area contributed by atoms with Gasteiger partial charge in [0.2, 0.25) is 5.91 Å². The highest BCUT2D eigenvalue weighted by Gasteiger charge is 2.23. The molecule has 0 aliphatic rings. The van der Waals surface area contributed by atoms with E-state index < -0.39 is 0 Å². The number of hydrogen-bond acceptors (Lipinski definition) is 1. The van der Waals surface area contributed by atoms with Gasteiger partial charge in [0.1, 0.15) is 0 Å². The first-order valence-electron chi connectivity index (χ1n) is 8.23. The van der Waals surface area contributed by atoms with E-state index in [0.29, 0.717) is 0 Å². The predicted molar refractivity (Wildman–Crippen MR) is 99.3 cm³/mol. The maximum absolute atomic E-state index is 13.2. The van der Waals surface area contributed by atoms with E-state index in [4.69, 9.17) is 0 Å². The second-order valence-electron chi connectivity index (χ2n) is 5.94. The van der Waals surface area contributed by atoms with Gasteiger partial charge in [0, 0.05) is 17.3 Å². The van der Waals surface area contributed by atoms with Crippen LogP contribution < -0.4 is 4.90 Å². The summed E-state index contributed by atoms with van der Waals surface area (Å²) in [5.74, 6) is 0.00376. The molecule has 0 heterocycles. The minimum atomic E-state index is -0.104. The zero-order valence-electron chi connectivity index (χ0n) is 13.8. The highest BCUT2D eigenvalue weighted by atomic mass is 16.2. The molecule has 0 radical (unpaired) electrons. The Morgan fingerprint density at radius 2 is 1.17 bits per heavy atom. The SMILES string of the molecule is C[C@@H](Cc1ccccc1)C(=O)N(c1ccccc1)c1ccccc1. The quantitative estimate of drug-likeness (QED) is 0.631. The molecule has 3 aromatic rings. The average Bonchev–Trinajstić information content (AvgIpc) is 2.64. The van der Waals surface area contributed by atoms with Gasteiger partial charge in [-0.3, -0.25) is 9.69 Å². The van der Waals surface area contributed by atoms with Crippen LogP contribution in [0.5, 0.6) is 0 Å². The topological polar surface area (TPSA) is 20.3 Å². The molecule has 3 aromatic carbocycles.